The number of hydrogen-bond acceptors (Lipinski definition) is 4. The molecule has 1 aromatic heterocycles. The van der Waals surface area contributed by atoms with E-state index < -0.39 is 34.8 Å². The van der Waals surface area contributed by atoms with Crippen molar-refractivity contribution in [2.45, 2.75) is 38.4 Å². The summed E-state index contributed by atoms with van der Waals surface area (Å²) in [6.07, 6.45) is -4.54. The molecule has 2 heterocycles. The molecule has 4 nitrogen and oxygen atoms in total. The molecular formula is C20H15F5N4. The highest BCUT2D eigenvalue weighted by Gasteiger charge is 2.43. The van der Waals surface area contributed by atoms with Crippen molar-refractivity contribution in [2.75, 3.05) is 0 Å². The predicted molar refractivity (Wildman–Crippen MR) is 96.8 cm³/mol. The van der Waals surface area contributed by atoms with E-state index in [2.05, 4.69) is 20.2 Å². The zero-order valence-electron chi connectivity index (χ0n) is 15.6. The van der Waals surface area contributed by atoms with Crippen molar-refractivity contribution in [3.8, 4) is 0 Å². The minimum Gasteiger partial charge on any atom is -0.274 e. The number of aromatic nitrogens is 3. The van der Waals surface area contributed by atoms with Gasteiger partial charge >= 0.3 is 6.18 Å². The van der Waals surface area contributed by atoms with Crippen molar-refractivity contribution in [1.82, 2.24) is 15.2 Å². The van der Waals surface area contributed by atoms with Crippen LogP contribution in [0.2, 0.25) is 0 Å². The SMILES string of the molecule is CC1c2c(cccc2C(F)(F)F)C(c2nnc3c(F)c(F)ccc3n2)=NC1(C)C. The van der Waals surface area contributed by atoms with Gasteiger partial charge in [0.2, 0.25) is 5.82 Å². The Balaban J connectivity index is 1.98. The third-order valence-corrected chi connectivity index (χ3v) is 5.29. The van der Waals surface area contributed by atoms with Crippen LogP contribution in [0, 0.1) is 11.6 Å². The zero-order valence-corrected chi connectivity index (χ0v) is 15.6. The summed E-state index contributed by atoms with van der Waals surface area (Å²) in [4.78, 5) is 8.78. The summed E-state index contributed by atoms with van der Waals surface area (Å²) >= 11 is 0. The first-order valence-electron chi connectivity index (χ1n) is 8.80. The van der Waals surface area contributed by atoms with Crippen LogP contribution in [0.3, 0.4) is 0 Å². The van der Waals surface area contributed by atoms with E-state index in [1.165, 1.54) is 18.2 Å². The van der Waals surface area contributed by atoms with Crippen LogP contribution >= 0.6 is 0 Å². The zero-order chi connectivity index (χ0) is 21.1. The van der Waals surface area contributed by atoms with Crippen LogP contribution in [-0.2, 0) is 6.18 Å². The van der Waals surface area contributed by atoms with Gasteiger partial charge in [-0.1, -0.05) is 19.1 Å². The summed E-state index contributed by atoms with van der Waals surface area (Å²) in [6, 6.07) is 5.99. The predicted octanol–water partition coefficient (Wildman–Crippen LogP) is 5.05. The van der Waals surface area contributed by atoms with Gasteiger partial charge in [-0.3, -0.25) is 4.99 Å². The largest absolute Gasteiger partial charge is 0.416 e. The highest BCUT2D eigenvalue weighted by Crippen LogP contribution is 2.44. The second kappa shape index (κ2) is 6.27. The third-order valence-electron chi connectivity index (χ3n) is 5.29. The Morgan fingerprint density at radius 3 is 2.41 bits per heavy atom. The fourth-order valence-corrected chi connectivity index (χ4v) is 3.50. The van der Waals surface area contributed by atoms with Crippen molar-refractivity contribution >= 4 is 16.7 Å². The summed E-state index contributed by atoms with van der Waals surface area (Å²) in [7, 11) is 0. The molecule has 0 bridgehead atoms. The molecule has 2 aromatic carbocycles. The molecule has 4 rings (SSSR count). The average Bonchev–Trinajstić information content (AvgIpc) is 2.66. The Bertz CT molecular complexity index is 1170. The lowest BCUT2D eigenvalue weighted by Gasteiger charge is -2.36. The Hall–Kier alpha value is -2.97. The van der Waals surface area contributed by atoms with E-state index in [0.717, 1.165) is 12.1 Å². The normalized spacial score (nSPS) is 18.5. The Morgan fingerprint density at radius 1 is 1.00 bits per heavy atom. The van der Waals surface area contributed by atoms with Crippen molar-refractivity contribution in [1.29, 1.82) is 0 Å². The molecule has 3 aromatic rings. The first kappa shape index (κ1) is 19.4. The molecule has 150 valence electrons. The standard InChI is InChI=1S/C20H15F5N4/c1-9-14-10(5-4-6-11(14)20(23,24)25)16(27-19(9,2)3)18-26-13-8-7-12(21)15(22)17(13)28-29-18/h4-9H,1-3H3. The minimum atomic E-state index is -4.54. The van der Waals surface area contributed by atoms with Gasteiger partial charge in [0.1, 0.15) is 5.71 Å². The molecule has 0 radical (unpaired) electrons. The fraction of sp³-hybridized carbons (Fsp3) is 0.300. The number of rotatable bonds is 1. The summed E-state index contributed by atoms with van der Waals surface area (Å²) in [5.41, 5.74) is -1.48. The van der Waals surface area contributed by atoms with E-state index in [-0.39, 0.29) is 33.7 Å². The molecule has 1 atom stereocenters. The molecule has 9 heteroatoms. The van der Waals surface area contributed by atoms with E-state index >= 15 is 0 Å². The maximum absolute atomic E-state index is 13.9. The number of benzene rings is 2. The van der Waals surface area contributed by atoms with E-state index in [1.54, 1.807) is 20.8 Å². The Morgan fingerprint density at radius 2 is 1.72 bits per heavy atom. The smallest absolute Gasteiger partial charge is 0.274 e. The van der Waals surface area contributed by atoms with Crippen LogP contribution in [0.1, 0.15) is 49.2 Å². The number of aliphatic imine (C=N–C) groups is 1. The monoisotopic (exact) mass is 406 g/mol. The molecule has 0 fully saturated rings. The molecule has 0 aliphatic carbocycles. The van der Waals surface area contributed by atoms with E-state index in [1.807, 2.05) is 0 Å². The lowest BCUT2D eigenvalue weighted by molar-refractivity contribution is -0.138. The molecule has 1 unspecified atom stereocenters. The van der Waals surface area contributed by atoms with Gasteiger partial charge in [-0.25, -0.2) is 13.8 Å². The van der Waals surface area contributed by atoms with Crippen LogP contribution in [-0.4, -0.2) is 26.4 Å². The molecule has 0 saturated carbocycles. The van der Waals surface area contributed by atoms with Gasteiger partial charge in [0.25, 0.3) is 0 Å². The summed E-state index contributed by atoms with van der Waals surface area (Å²) < 4.78 is 68.3. The van der Waals surface area contributed by atoms with Gasteiger partial charge < -0.3 is 0 Å². The quantitative estimate of drug-likeness (QED) is 0.531. The molecule has 0 saturated heterocycles. The van der Waals surface area contributed by atoms with Crippen molar-refractivity contribution in [2.24, 2.45) is 4.99 Å². The number of alkyl halides is 3. The van der Waals surface area contributed by atoms with Gasteiger partial charge in [-0.2, -0.15) is 13.2 Å². The van der Waals surface area contributed by atoms with E-state index in [0.29, 0.717) is 0 Å². The highest BCUT2D eigenvalue weighted by atomic mass is 19.4. The number of hydrogen-bond donors (Lipinski definition) is 0. The number of nitrogens with zero attached hydrogens (tertiary/aromatic N) is 4. The summed E-state index contributed by atoms with van der Waals surface area (Å²) in [5, 5.41) is 7.53. The highest BCUT2D eigenvalue weighted by molar-refractivity contribution is 6.13. The molecule has 1 aliphatic rings. The number of halogens is 5. The van der Waals surface area contributed by atoms with Crippen molar-refractivity contribution in [3.05, 3.63) is 64.5 Å². The van der Waals surface area contributed by atoms with E-state index in [9.17, 15) is 22.0 Å². The maximum atomic E-state index is 13.9. The Kier molecular flexibility index (Phi) is 4.18. The average molecular weight is 406 g/mol. The molecule has 0 N–H and O–H groups in total. The molecule has 0 spiro atoms. The first-order valence-corrected chi connectivity index (χ1v) is 8.80. The van der Waals surface area contributed by atoms with Crippen LogP contribution in [0.25, 0.3) is 11.0 Å². The van der Waals surface area contributed by atoms with E-state index in [4.69, 9.17) is 0 Å². The van der Waals surface area contributed by atoms with Crippen LogP contribution < -0.4 is 0 Å². The lowest BCUT2D eigenvalue weighted by Crippen LogP contribution is -2.35. The third kappa shape index (κ3) is 3.04. The second-order valence-electron chi connectivity index (χ2n) is 7.46. The minimum absolute atomic E-state index is 0.0292. The second-order valence-corrected chi connectivity index (χ2v) is 7.46. The van der Waals surface area contributed by atoms with Crippen LogP contribution in [0.5, 0.6) is 0 Å². The van der Waals surface area contributed by atoms with Gasteiger partial charge in [-0.15, -0.1) is 10.2 Å². The van der Waals surface area contributed by atoms with Crippen molar-refractivity contribution < 1.29 is 22.0 Å². The summed E-state index contributed by atoms with van der Waals surface area (Å²) in [6.45, 7) is 5.13. The summed E-state index contributed by atoms with van der Waals surface area (Å²) in [5.74, 6) is -2.86. The van der Waals surface area contributed by atoms with Crippen LogP contribution in [0.15, 0.2) is 35.3 Å². The van der Waals surface area contributed by atoms with Gasteiger partial charge in [-0.05, 0) is 37.6 Å². The van der Waals surface area contributed by atoms with Gasteiger partial charge in [0, 0.05) is 11.5 Å². The molecule has 29 heavy (non-hydrogen) atoms. The van der Waals surface area contributed by atoms with Gasteiger partial charge in [0.15, 0.2) is 17.2 Å². The number of fused-ring (bicyclic) bond motifs is 2. The molecule has 1 aliphatic heterocycles. The lowest BCUT2D eigenvalue weighted by atomic mass is 9.75. The first-order chi connectivity index (χ1) is 13.5. The Labute approximate surface area is 162 Å². The maximum Gasteiger partial charge on any atom is 0.416 e. The van der Waals surface area contributed by atoms with Gasteiger partial charge in [0.05, 0.1) is 16.6 Å². The molecular weight excluding hydrogens is 391 g/mol. The topological polar surface area (TPSA) is 51.0 Å². The van der Waals surface area contributed by atoms with Crippen LogP contribution in [0.4, 0.5) is 22.0 Å². The fourth-order valence-electron chi connectivity index (χ4n) is 3.50. The van der Waals surface area contributed by atoms with Crippen molar-refractivity contribution in [3.63, 3.8) is 0 Å². The molecule has 0 amide bonds.